The van der Waals surface area contributed by atoms with Crippen molar-refractivity contribution in [3.63, 3.8) is 0 Å². The second-order valence-electron chi connectivity index (χ2n) is 4.85. The highest BCUT2D eigenvalue weighted by Crippen LogP contribution is 2.18. The van der Waals surface area contributed by atoms with Crippen molar-refractivity contribution in [1.29, 1.82) is 5.26 Å². The highest BCUT2D eigenvalue weighted by Gasteiger charge is 2.12. The maximum Gasteiger partial charge on any atom is 0.158 e. The molecule has 110 valence electrons. The van der Waals surface area contributed by atoms with E-state index in [1.54, 1.807) is 6.07 Å². The Morgan fingerprint density at radius 2 is 2.20 bits per heavy atom. The Balaban J connectivity index is 2.93. The lowest BCUT2D eigenvalue weighted by Crippen LogP contribution is -2.29. The zero-order chi connectivity index (χ0) is 15.0. The quantitative estimate of drug-likeness (QED) is 0.690. The van der Waals surface area contributed by atoms with Gasteiger partial charge in [-0.2, -0.15) is 5.26 Å². The molecular formula is C14H21ClN4O. The van der Waals surface area contributed by atoms with Crippen LogP contribution in [-0.4, -0.2) is 29.7 Å². The summed E-state index contributed by atoms with van der Waals surface area (Å²) in [6.07, 6.45) is 0.454. The molecule has 0 unspecified atom stereocenters. The molecule has 0 N–H and O–H groups in total. The Labute approximate surface area is 125 Å². The molecule has 1 aromatic rings. The van der Waals surface area contributed by atoms with Gasteiger partial charge in [-0.25, -0.2) is 9.97 Å². The second-order valence-corrected chi connectivity index (χ2v) is 5.24. The van der Waals surface area contributed by atoms with Gasteiger partial charge in [0, 0.05) is 25.8 Å². The normalized spacial score (nSPS) is 10.6. The molecule has 0 saturated heterocycles. The molecule has 0 saturated carbocycles. The summed E-state index contributed by atoms with van der Waals surface area (Å²) in [5, 5.41) is 9.16. The summed E-state index contributed by atoms with van der Waals surface area (Å²) in [6.45, 7) is 8.59. The number of hydrogen-bond donors (Lipinski definition) is 0. The van der Waals surface area contributed by atoms with Crippen LogP contribution in [0.5, 0.6) is 0 Å². The lowest BCUT2D eigenvalue weighted by Gasteiger charge is -2.25. The molecule has 0 bridgehead atoms. The van der Waals surface area contributed by atoms with E-state index in [1.165, 1.54) is 0 Å². The van der Waals surface area contributed by atoms with Crippen LogP contribution in [0.2, 0.25) is 5.15 Å². The molecule has 0 spiro atoms. The average molecular weight is 297 g/mol. The van der Waals surface area contributed by atoms with Crippen LogP contribution in [0.3, 0.4) is 0 Å². The predicted octanol–water partition coefficient (Wildman–Crippen LogP) is 3.04. The Hall–Kier alpha value is -1.38. The molecule has 0 aliphatic carbocycles. The molecule has 0 aliphatic heterocycles. The first-order valence-electron chi connectivity index (χ1n) is 6.79. The van der Waals surface area contributed by atoms with Gasteiger partial charge in [-0.3, -0.25) is 0 Å². The Morgan fingerprint density at radius 3 is 2.80 bits per heavy atom. The molecule has 0 aromatic carbocycles. The van der Waals surface area contributed by atoms with Crippen LogP contribution >= 0.6 is 11.6 Å². The lowest BCUT2D eigenvalue weighted by atomic mass is 10.2. The fourth-order valence-corrected chi connectivity index (χ4v) is 1.99. The van der Waals surface area contributed by atoms with Crippen molar-refractivity contribution in [2.75, 3.05) is 24.6 Å². The number of ether oxygens (including phenoxy) is 1. The van der Waals surface area contributed by atoms with Crippen LogP contribution in [0.4, 0.5) is 5.82 Å². The van der Waals surface area contributed by atoms with E-state index in [4.69, 9.17) is 21.6 Å². The van der Waals surface area contributed by atoms with Gasteiger partial charge >= 0.3 is 0 Å². The molecule has 1 rings (SSSR count). The van der Waals surface area contributed by atoms with E-state index in [0.29, 0.717) is 43.1 Å². The van der Waals surface area contributed by atoms with Gasteiger partial charge in [-0.1, -0.05) is 25.4 Å². The van der Waals surface area contributed by atoms with E-state index in [9.17, 15) is 0 Å². The number of nitrogens with zero attached hydrogens (tertiary/aromatic N) is 4. The van der Waals surface area contributed by atoms with Crippen molar-refractivity contribution in [3.8, 4) is 6.07 Å². The van der Waals surface area contributed by atoms with Gasteiger partial charge in [0.05, 0.1) is 12.5 Å². The standard InChI is InChI=1S/C14H21ClN4O/c1-4-20-10-13-17-12(15)8-14(18-13)19(7-5-6-16)9-11(2)3/h8,11H,4-5,7,9-10H2,1-3H3. The summed E-state index contributed by atoms with van der Waals surface area (Å²) >= 11 is 6.05. The summed E-state index contributed by atoms with van der Waals surface area (Å²) in [6, 6.07) is 3.89. The van der Waals surface area contributed by atoms with Gasteiger partial charge in [0.2, 0.25) is 0 Å². The minimum Gasteiger partial charge on any atom is -0.374 e. The maximum atomic E-state index is 8.77. The zero-order valence-corrected chi connectivity index (χ0v) is 13.0. The molecule has 1 heterocycles. The first-order chi connectivity index (χ1) is 9.56. The van der Waals surface area contributed by atoms with E-state index in [1.807, 2.05) is 6.92 Å². The number of nitriles is 1. The molecule has 1 aromatic heterocycles. The van der Waals surface area contributed by atoms with Gasteiger partial charge in [0.15, 0.2) is 5.82 Å². The van der Waals surface area contributed by atoms with Crippen LogP contribution in [0.25, 0.3) is 0 Å². The topological polar surface area (TPSA) is 62.0 Å². The van der Waals surface area contributed by atoms with Crippen LogP contribution < -0.4 is 4.90 Å². The molecule has 20 heavy (non-hydrogen) atoms. The van der Waals surface area contributed by atoms with Gasteiger partial charge in [0.25, 0.3) is 0 Å². The third kappa shape index (κ3) is 5.72. The minimum atomic E-state index is 0.345. The van der Waals surface area contributed by atoms with E-state index >= 15 is 0 Å². The molecule has 6 heteroatoms. The predicted molar refractivity (Wildman–Crippen MR) is 79.7 cm³/mol. The second kappa shape index (κ2) is 8.72. The van der Waals surface area contributed by atoms with Crippen molar-refractivity contribution >= 4 is 17.4 Å². The number of hydrogen-bond acceptors (Lipinski definition) is 5. The summed E-state index contributed by atoms with van der Waals surface area (Å²) in [5.74, 6) is 1.79. The molecule has 0 amide bonds. The first kappa shape index (κ1) is 16.7. The number of anilines is 1. The van der Waals surface area contributed by atoms with Crippen molar-refractivity contribution in [2.45, 2.75) is 33.8 Å². The fraction of sp³-hybridized carbons (Fsp3) is 0.643. The highest BCUT2D eigenvalue weighted by molar-refractivity contribution is 6.29. The number of rotatable bonds is 8. The summed E-state index contributed by atoms with van der Waals surface area (Å²) in [4.78, 5) is 10.7. The molecule has 0 atom stereocenters. The highest BCUT2D eigenvalue weighted by atomic mass is 35.5. The summed E-state index contributed by atoms with van der Waals surface area (Å²) in [7, 11) is 0. The molecule has 0 radical (unpaired) electrons. The van der Waals surface area contributed by atoms with E-state index < -0.39 is 0 Å². The number of aromatic nitrogens is 2. The van der Waals surface area contributed by atoms with Crippen molar-refractivity contribution < 1.29 is 4.74 Å². The van der Waals surface area contributed by atoms with Crippen LogP contribution in [0.1, 0.15) is 33.0 Å². The van der Waals surface area contributed by atoms with Gasteiger partial charge in [-0.15, -0.1) is 0 Å². The van der Waals surface area contributed by atoms with E-state index in [0.717, 1.165) is 12.4 Å². The van der Waals surface area contributed by atoms with Crippen LogP contribution in [0, 0.1) is 17.2 Å². The van der Waals surface area contributed by atoms with Gasteiger partial charge in [-0.05, 0) is 12.8 Å². The summed E-state index contributed by atoms with van der Waals surface area (Å²) in [5.41, 5.74) is 0. The molecule has 0 aliphatic rings. The fourth-order valence-electron chi connectivity index (χ4n) is 1.80. The minimum absolute atomic E-state index is 0.345. The van der Waals surface area contributed by atoms with Crippen LogP contribution in [0.15, 0.2) is 6.07 Å². The molecular weight excluding hydrogens is 276 g/mol. The van der Waals surface area contributed by atoms with Crippen molar-refractivity contribution in [3.05, 3.63) is 17.0 Å². The van der Waals surface area contributed by atoms with Crippen molar-refractivity contribution in [1.82, 2.24) is 9.97 Å². The zero-order valence-electron chi connectivity index (χ0n) is 12.3. The van der Waals surface area contributed by atoms with Gasteiger partial charge < -0.3 is 9.64 Å². The first-order valence-corrected chi connectivity index (χ1v) is 7.17. The largest absolute Gasteiger partial charge is 0.374 e. The average Bonchev–Trinajstić information content (AvgIpc) is 2.40. The van der Waals surface area contributed by atoms with E-state index in [-0.39, 0.29) is 0 Å². The Kier molecular flexibility index (Phi) is 7.27. The van der Waals surface area contributed by atoms with Crippen molar-refractivity contribution in [2.24, 2.45) is 5.92 Å². The molecule has 5 nitrogen and oxygen atoms in total. The van der Waals surface area contributed by atoms with E-state index in [2.05, 4.69) is 34.8 Å². The third-order valence-corrected chi connectivity index (χ3v) is 2.76. The maximum absolute atomic E-state index is 8.77. The summed E-state index contributed by atoms with van der Waals surface area (Å²) < 4.78 is 5.32. The monoisotopic (exact) mass is 296 g/mol. The Bertz CT molecular complexity index is 459. The Morgan fingerprint density at radius 1 is 1.45 bits per heavy atom. The lowest BCUT2D eigenvalue weighted by molar-refractivity contribution is 0.128. The smallest absolute Gasteiger partial charge is 0.158 e. The molecule has 0 fully saturated rings. The SMILES string of the molecule is CCOCc1nc(Cl)cc(N(CCC#N)CC(C)C)n1. The van der Waals surface area contributed by atoms with Crippen LogP contribution in [-0.2, 0) is 11.3 Å². The van der Waals surface area contributed by atoms with Gasteiger partial charge in [0.1, 0.15) is 17.6 Å². The third-order valence-electron chi connectivity index (χ3n) is 2.57. The number of halogens is 1.